The van der Waals surface area contributed by atoms with Crippen LogP contribution in [-0.4, -0.2) is 71.1 Å². The molecule has 1 saturated heterocycles. The van der Waals surface area contributed by atoms with Crippen molar-refractivity contribution >= 4 is 17.6 Å². The van der Waals surface area contributed by atoms with Crippen molar-refractivity contribution in [2.45, 2.75) is 13.0 Å². The Morgan fingerprint density at radius 3 is 2.56 bits per heavy atom. The molecule has 9 heteroatoms. The summed E-state index contributed by atoms with van der Waals surface area (Å²) in [6.45, 7) is 5.83. The van der Waals surface area contributed by atoms with Crippen molar-refractivity contribution in [3.05, 3.63) is 35.9 Å². The molecule has 27 heavy (non-hydrogen) atoms. The molecule has 9 nitrogen and oxygen atoms in total. The number of piperazine rings is 1. The number of amides is 2. The predicted octanol–water partition coefficient (Wildman–Crippen LogP) is 0.365. The number of aromatic nitrogens is 2. The normalized spacial score (nSPS) is 16.9. The molecule has 146 valence electrons. The van der Waals surface area contributed by atoms with Gasteiger partial charge < -0.3 is 19.3 Å². The predicted molar refractivity (Wildman–Crippen MR) is 100 cm³/mol. The summed E-state index contributed by atoms with van der Waals surface area (Å²) in [6.07, 6.45) is 1.99. The van der Waals surface area contributed by atoms with Crippen LogP contribution in [0, 0.1) is 6.92 Å². The van der Waals surface area contributed by atoms with Crippen molar-refractivity contribution < 1.29 is 14.1 Å². The van der Waals surface area contributed by atoms with E-state index < -0.39 is 11.8 Å². The largest absolute Gasteiger partial charge is 0.360 e. The maximum Gasteiger partial charge on any atom is 0.314 e. The van der Waals surface area contributed by atoms with Crippen molar-refractivity contribution in [1.82, 2.24) is 24.8 Å². The molecule has 1 fully saturated rings. The second-order valence-electron chi connectivity index (χ2n) is 6.89. The molecule has 3 rings (SSSR count). The van der Waals surface area contributed by atoms with Crippen molar-refractivity contribution in [2.24, 2.45) is 7.05 Å². The molecular weight excluding hydrogens is 348 g/mol. The van der Waals surface area contributed by atoms with E-state index in [4.69, 9.17) is 4.52 Å². The highest BCUT2D eigenvalue weighted by atomic mass is 16.5. The van der Waals surface area contributed by atoms with E-state index in [1.54, 1.807) is 13.0 Å². The molecule has 1 atom stereocenters. The quantitative estimate of drug-likeness (QED) is 0.734. The van der Waals surface area contributed by atoms with E-state index in [0.717, 1.165) is 31.9 Å². The summed E-state index contributed by atoms with van der Waals surface area (Å²) in [7, 11) is 4.09. The number of aryl methyl sites for hydroxylation is 2. The van der Waals surface area contributed by atoms with Crippen molar-refractivity contribution in [3.63, 3.8) is 0 Å². The van der Waals surface area contributed by atoms with E-state index in [2.05, 4.69) is 32.6 Å². The minimum Gasteiger partial charge on any atom is -0.360 e. The van der Waals surface area contributed by atoms with Crippen LogP contribution >= 0.6 is 0 Å². The average Bonchev–Trinajstić information content (AvgIpc) is 3.25. The first kappa shape index (κ1) is 19.1. The second-order valence-corrected chi connectivity index (χ2v) is 6.89. The van der Waals surface area contributed by atoms with Crippen molar-refractivity contribution in [3.8, 4) is 0 Å². The van der Waals surface area contributed by atoms with E-state index >= 15 is 0 Å². The Labute approximate surface area is 158 Å². The maximum absolute atomic E-state index is 12.2. The van der Waals surface area contributed by atoms with Crippen LogP contribution in [0.2, 0.25) is 0 Å². The Morgan fingerprint density at radius 1 is 1.22 bits per heavy atom. The molecule has 1 aliphatic rings. The topological polar surface area (TPSA) is 95.6 Å². The Hall–Kier alpha value is -2.65. The number of carbonyl (C=O) groups is 2. The molecule has 0 saturated carbocycles. The first-order valence-electron chi connectivity index (χ1n) is 9.00. The number of hydrogen-bond donors (Lipinski definition) is 2. The fourth-order valence-electron chi connectivity index (χ4n) is 3.24. The Balaban J connectivity index is 1.62. The van der Waals surface area contributed by atoms with Gasteiger partial charge in [0.05, 0.1) is 6.04 Å². The van der Waals surface area contributed by atoms with Gasteiger partial charge in [-0.2, -0.15) is 0 Å². The van der Waals surface area contributed by atoms with Gasteiger partial charge in [-0.25, -0.2) is 0 Å². The second kappa shape index (κ2) is 8.36. The summed E-state index contributed by atoms with van der Waals surface area (Å²) >= 11 is 0. The molecular formula is C18H26N6O3. The molecule has 0 aromatic carbocycles. The molecule has 3 heterocycles. The number of rotatable bonds is 5. The summed E-state index contributed by atoms with van der Waals surface area (Å²) < 4.78 is 6.93. The first-order chi connectivity index (χ1) is 12.9. The fourth-order valence-corrected chi connectivity index (χ4v) is 3.24. The van der Waals surface area contributed by atoms with Gasteiger partial charge in [0.25, 0.3) is 0 Å². The maximum atomic E-state index is 12.2. The SMILES string of the molecule is Cc1cc(NC(=O)C(=O)NC[C@@H](c2cccn2C)N2CCN(C)CC2)no1. The van der Waals surface area contributed by atoms with Gasteiger partial charge in [-0.05, 0) is 26.1 Å². The smallest absolute Gasteiger partial charge is 0.314 e. The Bertz CT molecular complexity index is 791. The van der Waals surface area contributed by atoms with E-state index in [1.165, 1.54) is 0 Å². The van der Waals surface area contributed by atoms with E-state index in [0.29, 0.717) is 12.3 Å². The monoisotopic (exact) mass is 374 g/mol. The van der Waals surface area contributed by atoms with Gasteiger partial charge in [-0.15, -0.1) is 0 Å². The highest BCUT2D eigenvalue weighted by molar-refractivity contribution is 6.39. The molecule has 2 aromatic rings. The third-order valence-electron chi connectivity index (χ3n) is 4.84. The van der Waals surface area contributed by atoms with Gasteiger partial charge in [-0.3, -0.25) is 19.8 Å². The molecule has 0 radical (unpaired) electrons. The summed E-state index contributed by atoms with van der Waals surface area (Å²) in [5.41, 5.74) is 1.10. The van der Waals surface area contributed by atoms with Crippen LogP contribution in [0.3, 0.4) is 0 Å². The Kier molecular flexibility index (Phi) is 5.92. The molecule has 0 spiro atoms. The summed E-state index contributed by atoms with van der Waals surface area (Å²) in [5, 5.41) is 8.86. The highest BCUT2D eigenvalue weighted by Crippen LogP contribution is 2.21. The molecule has 1 aliphatic heterocycles. The molecule has 2 N–H and O–H groups in total. The number of hydrogen-bond acceptors (Lipinski definition) is 6. The van der Waals surface area contributed by atoms with E-state index in [-0.39, 0.29) is 11.9 Å². The fraction of sp³-hybridized carbons (Fsp3) is 0.500. The van der Waals surface area contributed by atoms with Crippen LogP contribution < -0.4 is 10.6 Å². The highest BCUT2D eigenvalue weighted by Gasteiger charge is 2.27. The van der Waals surface area contributed by atoms with Crippen LogP contribution in [0.25, 0.3) is 0 Å². The summed E-state index contributed by atoms with van der Waals surface area (Å²) in [6, 6.07) is 5.60. The number of carbonyl (C=O) groups excluding carboxylic acids is 2. The van der Waals surface area contributed by atoms with Gasteiger partial charge in [0.15, 0.2) is 5.82 Å². The first-order valence-corrected chi connectivity index (χ1v) is 9.00. The average molecular weight is 374 g/mol. The van der Waals surface area contributed by atoms with E-state index in [9.17, 15) is 9.59 Å². The minimum absolute atomic E-state index is 0.00439. The third kappa shape index (κ3) is 4.75. The third-order valence-corrected chi connectivity index (χ3v) is 4.84. The van der Waals surface area contributed by atoms with Crippen molar-refractivity contribution in [2.75, 3.05) is 45.1 Å². The summed E-state index contributed by atoms with van der Waals surface area (Å²) in [5.74, 6) is -0.661. The van der Waals surface area contributed by atoms with Crippen LogP contribution in [0.5, 0.6) is 0 Å². The van der Waals surface area contributed by atoms with Gasteiger partial charge in [0.1, 0.15) is 5.76 Å². The van der Waals surface area contributed by atoms with Crippen molar-refractivity contribution in [1.29, 1.82) is 0 Å². The lowest BCUT2D eigenvalue weighted by atomic mass is 10.1. The van der Waals surface area contributed by atoms with Crippen LogP contribution in [-0.2, 0) is 16.6 Å². The Morgan fingerprint density at radius 2 is 1.96 bits per heavy atom. The molecule has 2 aromatic heterocycles. The van der Waals surface area contributed by atoms with Gasteiger partial charge in [0, 0.05) is 57.7 Å². The lowest BCUT2D eigenvalue weighted by Gasteiger charge is -2.38. The van der Waals surface area contributed by atoms with Crippen LogP contribution in [0.4, 0.5) is 5.82 Å². The number of anilines is 1. The van der Waals surface area contributed by atoms with Gasteiger partial charge in [-0.1, -0.05) is 5.16 Å². The van der Waals surface area contributed by atoms with Crippen LogP contribution in [0.15, 0.2) is 28.9 Å². The molecule has 2 amide bonds. The van der Waals surface area contributed by atoms with Crippen LogP contribution in [0.1, 0.15) is 17.5 Å². The number of likely N-dealkylation sites (N-methyl/N-ethyl adjacent to an activating group) is 1. The zero-order valence-electron chi connectivity index (χ0n) is 15.9. The standard InChI is InChI=1S/C18H26N6O3/c1-13-11-16(21-27-13)20-18(26)17(25)19-12-15(14-5-4-6-23(14)3)24-9-7-22(2)8-10-24/h4-6,11,15H,7-10,12H2,1-3H3,(H,19,25)(H,20,21,26)/t15-/m0/s1. The van der Waals surface area contributed by atoms with E-state index in [1.807, 2.05) is 29.9 Å². The number of nitrogens with one attached hydrogen (secondary N) is 2. The summed E-state index contributed by atoms with van der Waals surface area (Å²) in [4.78, 5) is 28.9. The molecule has 0 bridgehead atoms. The van der Waals surface area contributed by atoms with Gasteiger partial charge >= 0.3 is 11.8 Å². The lowest BCUT2D eigenvalue weighted by molar-refractivity contribution is -0.136. The zero-order valence-corrected chi connectivity index (χ0v) is 15.9. The minimum atomic E-state index is -0.757. The molecule has 0 aliphatic carbocycles. The molecule has 0 unspecified atom stereocenters. The lowest BCUT2D eigenvalue weighted by Crippen LogP contribution is -2.49. The zero-order chi connectivity index (χ0) is 19.4. The van der Waals surface area contributed by atoms with Gasteiger partial charge in [0.2, 0.25) is 0 Å². The number of nitrogens with zero attached hydrogens (tertiary/aromatic N) is 4.